The number of ether oxygens (including phenoxy) is 3. The molecule has 0 aliphatic carbocycles. The Morgan fingerprint density at radius 3 is 2.52 bits per heavy atom. The first-order valence-corrected chi connectivity index (χ1v) is 14.0. The van der Waals surface area contributed by atoms with Crippen molar-refractivity contribution in [3.63, 3.8) is 0 Å². The molecule has 5 rings (SSSR count). The lowest BCUT2D eigenvalue weighted by molar-refractivity contribution is -0.117. The number of anilines is 1. The number of aryl methyl sites for hydroxylation is 1. The number of Topliss-reactive ketones (excluding diaryl/α,β-unsaturated/α-hetero) is 1. The molecule has 1 N–H and O–H groups in total. The van der Waals surface area contributed by atoms with E-state index in [2.05, 4.69) is 4.98 Å². The molecule has 9 nitrogen and oxygen atoms in total. The zero-order valence-corrected chi connectivity index (χ0v) is 23.5. The van der Waals surface area contributed by atoms with Crippen molar-refractivity contribution in [3.8, 4) is 17.2 Å². The summed E-state index contributed by atoms with van der Waals surface area (Å²) in [5, 5.41) is 11.4. The third-order valence-electron chi connectivity index (χ3n) is 6.33. The standard InChI is InChI=1S/C30H30N2O7S/c1-5-14-38-21-13-9-18(15-23(21)37-7-3)26-25(27(33)22-12-8-17(4)39-22)28(34)29(35)32(26)30-31-20-11-10-19(36-6-2)16-24(20)40-30/h8-13,15-16,26,34H,5-7,14H2,1-4H3. The molecule has 3 heterocycles. The zero-order chi connectivity index (χ0) is 28.4. The van der Waals surface area contributed by atoms with E-state index < -0.39 is 23.5 Å². The van der Waals surface area contributed by atoms with Crippen molar-refractivity contribution in [1.82, 2.24) is 4.98 Å². The number of aromatic nitrogens is 1. The van der Waals surface area contributed by atoms with Crippen LogP contribution in [0.2, 0.25) is 0 Å². The molecule has 2 aromatic heterocycles. The quantitative estimate of drug-likeness (QED) is 0.204. The summed E-state index contributed by atoms with van der Waals surface area (Å²) in [6.45, 7) is 8.89. The van der Waals surface area contributed by atoms with Gasteiger partial charge in [-0.3, -0.25) is 14.5 Å². The van der Waals surface area contributed by atoms with Crippen LogP contribution in [-0.4, -0.2) is 41.6 Å². The fourth-order valence-electron chi connectivity index (χ4n) is 4.59. The van der Waals surface area contributed by atoms with E-state index in [0.29, 0.717) is 59.0 Å². The fraction of sp³-hybridized carbons (Fsp3) is 0.300. The van der Waals surface area contributed by atoms with E-state index in [1.807, 2.05) is 39.0 Å². The molecule has 1 unspecified atom stereocenters. The van der Waals surface area contributed by atoms with Gasteiger partial charge in [-0.15, -0.1) is 0 Å². The molecule has 2 aromatic carbocycles. The van der Waals surface area contributed by atoms with Crippen LogP contribution in [0.4, 0.5) is 5.13 Å². The van der Waals surface area contributed by atoms with Crippen LogP contribution in [-0.2, 0) is 4.79 Å². The van der Waals surface area contributed by atoms with Crippen LogP contribution in [0.5, 0.6) is 17.2 Å². The average Bonchev–Trinajstić information content (AvgIpc) is 3.63. The number of benzene rings is 2. The molecule has 1 amide bonds. The van der Waals surface area contributed by atoms with Crippen LogP contribution in [0.1, 0.15) is 55.1 Å². The molecule has 0 saturated carbocycles. The Kier molecular flexibility index (Phi) is 7.79. The van der Waals surface area contributed by atoms with Crippen LogP contribution in [0.25, 0.3) is 10.2 Å². The van der Waals surface area contributed by atoms with Crippen LogP contribution in [0.3, 0.4) is 0 Å². The molecule has 0 radical (unpaired) electrons. The number of ketones is 1. The van der Waals surface area contributed by atoms with Crippen molar-refractivity contribution in [3.05, 3.63) is 76.9 Å². The summed E-state index contributed by atoms with van der Waals surface area (Å²) in [7, 11) is 0. The molecule has 1 aliphatic rings. The first kappa shape index (κ1) is 27.3. The van der Waals surface area contributed by atoms with Gasteiger partial charge in [0.2, 0.25) is 5.78 Å². The van der Waals surface area contributed by atoms with Crippen molar-refractivity contribution in [2.75, 3.05) is 24.7 Å². The number of aliphatic hydroxyl groups excluding tert-OH is 1. The number of thiazole rings is 1. The minimum atomic E-state index is -0.989. The number of fused-ring (bicyclic) bond motifs is 1. The Hall–Kier alpha value is -4.31. The molecule has 0 fully saturated rings. The lowest BCUT2D eigenvalue weighted by Gasteiger charge is -2.25. The van der Waals surface area contributed by atoms with Crippen LogP contribution < -0.4 is 19.1 Å². The highest BCUT2D eigenvalue weighted by Gasteiger charge is 2.46. The molecular formula is C30H30N2O7S. The molecule has 0 saturated heterocycles. The van der Waals surface area contributed by atoms with Gasteiger partial charge < -0.3 is 23.7 Å². The van der Waals surface area contributed by atoms with Crippen molar-refractivity contribution in [1.29, 1.82) is 0 Å². The summed E-state index contributed by atoms with van der Waals surface area (Å²) in [5.41, 5.74) is 1.11. The molecule has 1 aliphatic heterocycles. The maximum absolute atomic E-state index is 13.7. The van der Waals surface area contributed by atoms with E-state index in [-0.39, 0.29) is 11.3 Å². The zero-order valence-electron chi connectivity index (χ0n) is 22.7. The Bertz CT molecular complexity index is 1600. The highest BCUT2D eigenvalue weighted by molar-refractivity contribution is 7.22. The monoisotopic (exact) mass is 562 g/mol. The minimum Gasteiger partial charge on any atom is -0.503 e. The van der Waals surface area contributed by atoms with Crippen molar-refractivity contribution in [2.45, 2.75) is 40.2 Å². The summed E-state index contributed by atoms with van der Waals surface area (Å²) < 4.78 is 23.7. The van der Waals surface area contributed by atoms with Crippen LogP contribution in [0, 0.1) is 6.92 Å². The second-order valence-electron chi connectivity index (χ2n) is 9.13. The van der Waals surface area contributed by atoms with E-state index in [1.165, 1.54) is 22.3 Å². The van der Waals surface area contributed by atoms with Gasteiger partial charge in [-0.1, -0.05) is 24.3 Å². The summed E-state index contributed by atoms with van der Waals surface area (Å²) >= 11 is 1.27. The number of amides is 1. The first-order valence-electron chi connectivity index (χ1n) is 13.2. The molecule has 4 aromatic rings. The molecule has 10 heteroatoms. The minimum absolute atomic E-state index is 0.0253. The van der Waals surface area contributed by atoms with Gasteiger partial charge >= 0.3 is 0 Å². The average molecular weight is 563 g/mol. The summed E-state index contributed by atoms with van der Waals surface area (Å²) in [5.74, 6) is 0.297. The molecule has 40 heavy (non-hydrogen) atoms. The summed E-state index contributed by atoms with van der Waals surface area (Å²) in [4.78, 5) is 33.4. The molecule has 0 bridgehead atoms. The number of carbonyl (C=O) groups excluding carboxylic acids is 2. The van der Waals surface area contributed by atoms with Gasteiger partial charge in [-0.25, -0.2) is 4.98 Å². The summed E-state index contributed by atoms with van der Waals surface area (Å²) in [6.07, 6.45) is 0.818. The van der Waals surface area contributed by atoms with Gasteiger partial charge in [0.25, 0.3) is 5.91 Å². The number of hydrogen-bond acceptors (Lipinski definition) is 9. The maximum Gasteiger partial charge on any atom is 0.296 e. The molecule has 1 atom stereocenters. The number of nitrogens with zero attached hydrogens (tertiary/aromatic N) is 2. The van der Waals surface area contributed by atoms with Gasteiger partial charge in [-0.05, 0) is 75.2 Å². The molecule has 0 spiro atoms. The first-order chi connectivity index (χ1) is 19.4. The maximum atomic E-state index is 13.7. The van der Waals surface area contributed by atoms with Crippen molar-refractivity contribution in [2.24, 2.45) is 0 Å². The number of hydrogen-bond donors (Lipinski definition) is 1. The highest BCUT2D eigenvalue weighted by Crippen LogP contribution is 2.46. The number of furan rings is 1. The number of aliphatic hydroxyl groups is 1. The van der Waals surface area contributed by atoms with E-state index in [1.54, 1.807) is 31.2 Å². The second kappa shape index (κ2) is 11.4. The third-order valence-corrected chi connectivity index (χ3v) is 7.35. The number of rotatable bonds is 11. The van der Waals surface area contributed by atoms with Gasteiger partial charge in [0.1, 0.15) is 11.5 Å². The highest BCUT2D eigenvalue weighted by atomic mass is 32.1. The van der Waals surface area contributed by atoms with Crippen LogP contribution >= 0.6 is 11.3 Å². The lowest BCUT2D eigenvalue weighted by atomic mass is 9.95. The van der Waals surface area contributed by atoms with Crippen molar-refractivity contribution >= 4 is 38.4 Å². The van der Waals surface area contributed by atoms with Gasteiger partial charge in [0.15, 0.2) is 28.1 Å². The Morgan fingerprint density at radius 2 is 1.82 bits per heavy atom. The predicted molar refractivity (Wildman–Crippen MR) is 152 cm³/mol. The molecule has 208 valence electrons. The second-order valence-corrected chi connectivity index (χ2v) is 10.1. The van der Waals surface area contributed by atoms with Gasteiger partial charge in [0.05, 0.1) is 41.7 Å². The number of carbonyl (C=O) groups is 2. The van der Waals surface area contributed by atoms with Crippen molar-refractivity contribution < 1.29 is 33.3 Å². The largest absolute Gasteiger partial charge is 0.503 e. The lowest BCUT2D eigenvalue weighted by Crippen LogP contribution is -2.31. The third kappa shape index (κ3) is 5.02. The van der Waals surface area contributed by atoms with E-state index in [0.717, 1.165) is 11.1 Å². The Morgan fingerprint density at radius 1 is 1.02 bits per heavy atom. The topological polar surface area (TPSA) is 111 Å². The Balaban J connectivity index is 1.65. The molecular weight excluding hydrogens is 532 g/mol. The summed E-state index contributed by atoms with van der Waals surface area (Å²) in [6, 6.07) is 12.9. The normalized spacial score (nSPS) is 15.2. The smallest absolute Gasteiger partial charge is 0.296 e. The Labute approximate surface area is 235 Å². The van der Waals surface area contributed by atoms with E-state index in [9.17, 15) is 14.7 Å². The fourth-order valence-corrected chi connectivity index (χ4v) is 5.61. The van der Waals surface area contributed by atoms with Crippen LogP contribution in [0.15, 0.2) is 64.3 Å². The van der Waals surface area contributed by atoms with Gasteiger partial charge in [-0.2, -0.15) is 0 Å². The van der Waals surface area contributed by atoms with E-state index in [4.69, 9.17) is 18.6 Å². The SMILES string of the molecule is CCCOc1ccc(C2C(C(=O)c3ccc(C)o3)=C(O)C(=O)N2c2nc3ccc(OCC)cc3s2)cc1OCC. The predicted octanol–water partition coefficient (Wildman–Crippen LogP) is 6.57. The van der Waals surface area contributed by atoms with E-state index >= 15 is 0 Å². The van der Waals surface area contributed by atoms with Gasteiger partial charge in [0, 0.05) is 0 Å².